The molecule has 0 aliphatic rings. The van der Waals surface area contributed by atoms with Gasteiger partial charge in [-0.3, -0.25) is 0 Å². The summed E-state index contributed by atoms with van der Waals surface area (Å²) in [4.78, 5) is 4.34. The third-order valence-corrected chi connectivity index (χ3v) is 3.47. The molecule has 0 N–H and O–H groups in total. The van der Waals surface area contributed by atoms with Crippen molar-refractivity contribution in [3.05, 3.63) is 30.1 Å². The predicted octanol–water partition coefficient (Wildman–Crippen LogP) is 3.55. The van der Waals surface area contributed by atoms with Gasteiger partial charge in [0.2, 0.25) is 0 Å². The molecule has 0 radical (unpaired) electrons. The molecule has 2 heteroatoms. The van der Waals surface area contributed by atoms with Crippen LogP contribution in [-0.4, -0.2) is 9.55 Å². The van der Waals surface area contributed by atoms with Gasteiger partial charge in [-0.1, -0.05) is 32.8 Å². The number of fused-ring (bicyclic) bond motifs is 1. The molecule has 0 fully saturated rings. The summed E-state index contributed by atoms with van der Waals surface area (Å²) >= 11 is 0. The first-order valence-electron chi connectivity index (χ1n) is 6.14. The SMILES string of the molecule is CCC(CC)Cc1ccc2ncn(C)c2c1. The van der Waals surface area contributed by atoms with Crippen LogP contribution in [0.5, 0.6) is 0 Å². The van der Waals surface area contributed by atoms with E-state index in [-0.39, 0.29) is 0 Å². The van der Waals surface area contributed by atoms with Gasteiger partial charge < -0.3 is 4.57 Å². The number of benzene rings is 1. The van der Waals surface area contributed by atoms with Gasteiger partial charge in [0.25, 0.3) is 0 Å². The molecule has 1 aromatic carbocycles. The van der Waals surface area contributed by atoms with Gasteiger partial charge in [-0.2, -0.15) is 0 Å². The summed E-state index contributed by atoms with van der Waals surface area (Å²) in [5.41, 5.74) is 3.77. The normalized spacial score (nSPS) is 11.5. The van der Waals surface area contributed by atoms with Gasteiger partial charge in [0.05, 0.1) is 17.4 Å². The van der Waals surface area contributed by atoms with E-state index in [1.54, 1.807) is 0 Å². The fourth-order valence-electron chi connectivity index (χ4n) is 2.21. The largest absolute Gasteiger partial charge is 0.334 e. The summed E-state index contributed by atoms with van der Waals surface area (Å²) in [6.45, 7) is 4.55. The highest BCUT2D eigenvalue weighted by Gasteiger charge is 2.06. The minimum absolute atomic E-state index is 0.811. The molecule has 0 aliphatic carbocycles. The van der Waals surface area contributed by atoms with E-state index in [4.69, 9.17) is 0 Å². The Kier molecular flexibility index (Phi) is 3.28. The van der Waals surface area contributed by atoms with Crippen molar-refractivity contribution in [1.82, 2.24) is 9.55 Å². The third-order valence-electron chi connectivity index (χ3n) is 3.47. The van der Waals surface area contributed by atoms with E-state index in [2.05, 4.69) is 48.6 Å². The maximum Gasteiger partial charge on any atom is 0.0955 e. The Balaban J connectivity index is 2.28. The molecule has 16 heavy (non-hydrogen) atoms. The summed E-state index contributed by atoms with van der Waals surface area (Å²) in [6.07, 6.45) is 5.60. The molecule has 1 heterocycles. The summed E-state index contributed by atoms with van der Waals surface area (Å²) in [5.74, 6) is 0.811. The molecule has 0 saturated heterocycles. The Morgan fingerprint density at radius 3 is 2.69 bits per heavy atom. The summed E-state index contributed by atoms with van der Waals surface area (Å²) in [6, 6.07) is 6.63. The number of hydrogen-bond donors (Lipinski definition) is 0. The fourth-order valence-corrected chi connectivity index (χ4v) is 2.21. The quantitative estimate of drug-likeness (QED) is 0.764. The van der Waals surface area contributed by atoms with E-state index in [1.807, 2.05) is 6.33 Å². The number of aryl methyl sites for hydroxylation is 1. The monoisotopic (exact) mass is 216 g/mol. The maximum absolute atomic E-state index is 4.34. The van der Waals surface area contributed by atoms with Gasteiger partial charge in [-0.25, -0.2) is 4.98 Å². The Hall–Kier alpha value is -1.31. The molecular formula is C14H20N2. The molecule has 86 valence electrons. The zero-order chi connectivity index (χ0) is 11.5. The van der Waals surface area contributed by atoms with Crippen LogP contribution in [0.25, 0.3) is 11.0 Å². The van der Waals surface area contributed by atoms with Crippen LogP contribution in [0.15, 0.2) is 24.5 Å². The van der Waals surface area contributed by atoms with Gasteiger partial charge in [0.1, 0.15) is 0 Å². The summed E-state index contributed by atoms with van der Waals surface area (Å²) in [7, 11) is 2.05. The lowest BCUT2D eigenvalue weighted by Crippen LogP contribution is -2.01. The average Bonchev–Trinajstić information content (AvgIpc) is 2.68. The smallest absolute Gasteiger partial charge is 0.0955 e. The topological polar surface area (TPSA) is 17.8 Å². The van der Waals surface area contributed by atoms with Gasteiger partial charge >= 0.3 is 0 Å². The van der Waals surface area contributed by atoms with Gasteiger partial charge in [-0.15, -0.1) is 0 Å². The summed E-state index contributed by atoms with van der Waals surface area (Å²) in [5, 5.41) is 0. The van der Waals surface area contributed by atoms with Crippen molar-refractivity contribution < 1.29 is 0 Å². The zero-order valence-corrected chi connectivity index (χ0v) is 10.4. The second kappa shape index (κ2) is 4.69. The Bertz CT molecular complexity index is 467. The average molecular weight is 216 g/mol. The van der Waals surface area contributed by atoms with Crippen molar-refractivity contribution in [3.8, 4) is 0 Å². The Morgan fingerprint density at radius 1 is 1.25 bits per heavy atom. The number of nitrogens with zero attached hydrogens (tertiary/aromatic N) is 2. The molecule has 0 bridgehead atoms. The minimum atomic E-state index is 0.811. The van der Waals surface area contributed by atoms with Crippen molar-refractivity contribution in [2.75, 3.05) is 0 Å². The maximum atomic E-state index is 4.34. The highest BCUT2D eigenvalue weighted by atomic mass is 15.0. The van der Waals surface area contributed by atoms with Crippen LogP contribution in [0.1, 0.15) is 32.3 Å². The van der Waals surface area contributed by atoms with Crippen LogP contribution in [-0.2, 0) is 13.5 Å². The number of aromatic nitrogens is 2. The third kappa shape index (κ3) is 2.11. The van der Waals surface area contributed by atoms with E-state index in [1.165, 1.54) is 30.3 Å². The highest BCUT2D eigenvalue weighted by Crippen LogP contribution is 2.19. The minimum Gasteiger partial charge on any atom is -0.334 e. The van der Waals surface area contributed by atoms with Gasteiger partial charge in [0.15, 0.2) is 0 Å². The van der Waals surface area contributed by atoms with E-state index >= 15 is 0 Å². The van der Waals surface area contributed by atoms with E-state index < -0.39 is 0 Å². The van der Waals surface area contributed by atoms with Crippen molar-refractivity contribution >= 4 is 11.0 Å². The summed E-state index contributed by atoms with van der Waals surface area (Å²) < 4.78 is 2.09. The zero-order valence-electron chi connectivity index (χ0n) is 10.4. The molecule has 0 unspecified atom stereocenters. The highest BCUT2D eigenvalue weighted by molar-refractivity contribution is 5.75. The van der Waals surface area contributed by atoms with Crippen molar-refractivity contribution in [2.24, 2.45) is 13.0 Å². The first kappa shape index (κ1) is 11.2. The first-order chi connectivity index (χ1) is 7.74. The lowest BCUT2D eigenvalue weighted by Gasteiger charge is -2.12. The predicted molar refractivity (Wildman–Crippen MR) is 68.5 cm³/mol. The Labute approximate surface area is 97.3 Å². The van der Waals surface area contributed by atoms with Gasteiger partial charge in [0, 0.05) is 7.05 Å². The second-order valence-electron chi connectivity index (χ2n) is 4.57. The molecule has 2 aromatic rings. The van der Waals surface area contributed by atoms with E-state index in [9.17, 15) is 0 Å². The molecule has 1 aromatic heterocycles. The van der Waals surface area contributed by atoms with Crippen LogP contribution < -0.4 is 0 Å². The number of hydrogen-bond acceptors (Lipinski definition) is 1. The van der Waals surface area contributed by atoms with Crippen LogP contribution in [0.4, 0.5) is 0 Å². The molecule has 0 aliphatic heterocycles. The molecule has 0 amide bonds. The molecule has 2 rings (SSSR count). The fraction of sp³-hybridized carbons (Fsp3) is 0.500. The van der Waals surface area contributed by atoms with Crippen LogP contribution in [0.2, 0.25) is 0 Å². The standard InChI is InChI=1S/C14H20N2/c1-4-11(5-2)8-12-6-7-13-14(9-12)16(3)10-15-13/h6-7,9-11H,4-5,8H2,1-3H3. The van der Waals surface area contributed by atoms with Crippen molar-refractivity contribution in [1.29, 1.82) is 0 Å². The van der Waals surface area contributed by atoms with E-state index in [0.717, 1.165) is 11.4 Å². The lowest BCUT2D eigenvalue weighted by molar-refractivity contribution is 0.490. The Morgan fingerprint density at radius 2 is 2.00 bits per heavy atom. The van der Waals surface area contributed by atoms with Crippen LogP contribution in [0.3, 0.4) is 0 Å². The molecular weight excluding hydrogens is 196 g/mol. The molecule has 0 atom stereocenters. The molecule has 0 saturated carbocycles. The number of imidazole rings is 1. The molecule has 2 nitrogen and oxygen atoms in total. The van der Waals surface area contributed by atoms with Crippen LogP contribution >= 0.6 is 0 Å². The van der Waals surface area contributed by atoms with Crippen LogP contribution in [0, 0.1) is 5.92 Å². The first-order valence-corrected chi connectivity index (χ1v) is 6.14. The molecule has 0 spiro atoms. The van der Waals surface area contributed by atoms with E-state index in [0.29, 0.717) is 0 Å². The number of rotatable bonds is 4. The lowest BCUT2D eigenvalue weighted by atomic mass is 9.94. The second-order valence-corrected chi connectivity index (χ2v) is 4.57. The van der Waals surface area contributed by atoms with Crippen molar-refractivity contribution in [2.45, 2.75) is 33.1 Å². The van der Waals surface area contributed by atoms with Gasteiger partial charge in [-0.05, 0) is 30.0 Å². The van der Waals surface area contributed by atoms with Crippen molar-refractivity contribution in [3.63, 3.8) is 0 Å².